The maximum absolute atomic E-state index is 15.5. The van der Waals surface area contributed by atoms with Crippen LogP contribution in [-0.4, -0.2) is 29.2 Å². The van der Waals surface area contributed by atoms with Gasteiger partial charge in [0, 0.05) is 10.8 Å². The molecule has 3 nitrogen and oxygen atoms in total. The lowest BCUT2D eigenvalue weighted by Crippen LogP contribution is -2.63. The molecule has 1 aromatic carbocycles. The SMILES string of the molecule is FN1C(C(Cl)(Cl)Cl)=C(c2ccccc2)C(F)(C(Cl)(Cl)Cl)N(F)N1F. The Hall–Kier alpha value is 0.140. The molecule has 0 radical (unpaired) electrons. The lowest BCUT2D eigenvalue weighted by Gasteiger charge is -2.46. The molecule has 13 heteroatoms. The zero-order chi connectivity index (χ0) is 18.5. The van der Waals surface area contributed by atoms with E-state index in [1.54, 1.807) is 0 Å². The molecule has 0 spiro atoms. The van der Waals surface area contributed by atoms with Crippen molar-refractivity contribution in [3.05, 3.63) is 41.6 Å². The standard InChI is InChI=1S/C11H5Cl6F4N3/c12-10(13,14)8-7(6-4-2-1-3-5-6)9(18,11(15,16)17)23(20)24(21)22(8)19/h1-5H. The van der Waals surface area contributed by atoms with Gasteiger partial charge in [0.15, 0.2) is 0 Å². The van der Waals surface area contributed by atoms with Crippen molar-refractivity contribution in [2.45, 2.75) is 13.4 Å². The number of allylic oxidation sites excluding steroid dienone is 1. The highest BCUT2D eigenvalue weighted by Crippen LogP contribution is 2.58. The number of nitrogens with zero attached hydrogens (tertiary/aromatic N) is 3. The van der Waals surface area contributed by atoms with Crippen LogP contribution in [0.1, 0.15) is 5.56 Å². The second-order valence-corrected chi connectivity index (χ2v) is 9.03. The maximum Gasteiger partial charge on any atom is 0.284 e. The topological polar surface area (TPSA) is 9.72 Å². The fraction of sp³-hybridized carbons (Fsp3) is 0.273. The van der Waals surface area contributed by atoms with Crippen LogP contribution in [-0.2, 0) is 0 Å². The van der Waals surface area contributed by atoms with Gasteiger partial charge in [-0.15, -0.1) is 4.48 Å². The van der Waals surface area contributed by atoms with Gasteiger partial charge in [0.2, 0.25) is 7.59 Å². The van der Waals surface area contributed by atoms with E-state index in [2.05, 4.69) is 0 Å². The van der Waals surface area contributed by atoms with E-state index in [9.17, 15) is 13.4 Å². The van der Waals surface area contributed by atoms with Crippen molar-refractivity contribution in [1.82, 2.24) is 15.8 Å². The summed E-state index contributed by atoms with van der Waals surface area (Å²) >= 11 is 33.3. The first-order valence-electron chi connectivity index (χ1n) is 5.84. The van der Waals surface area contributed by atoms with Crippen LogP contribution >= 0.6 is 69.6 Å². The Balaban J connectivity index is 2.94. The Morgan fingerprint density at radius 1 is 0.875 bits per heavy atom. The third-order valence-electron chi connectivity index (χ3n) is 3.00. The Morgan fingerprint density at radius 3 is 1.79 bits per heavy atom. The fourth-order valence-electron chi connectivity index (χ4n) is 2.03. The van der Waals surface area contributed by atoms with Crippen molar-refractivity contribution in [1.29, 1.82) is 0 Å². The molecule has 0 aromatic heterocycles. The second-order valence-electron chi connectivity index (χ2n) is 4.47. The molecule has 0 bridgehead atoms. The van der Waals surface area contributed by atoms with Crippen LogP contribution in [0.3, 0.4) is 0 Å². The van der Waals surface area contributed by atoms with E-state index < -0.39 is 40.5 Å². The highest BCUT2D eigenvalue weighted by atomic mass is 35.6. The highest BCUT2D eigenvalue weighted by Gasteiger charge is 2.67. The first-order valence-corrected chi connectivity index (χ1v) is 8.11. The molecule has 0 saturated heterocycles. The van der Waals surface area contributed by atoms with Crippen LogP contribution in [0.15, 0.2) is 36.0 Å². The number of rotatable bonds is 1. The molecule has 1 unspecified atom stereocenters. The van der Waals surface area contributed by atoms with Crippen LogP contribution < -0.4 is 0 Å². The van der Waals surface area contributed by atoms with Gasteiger partial charge in [-0.25, -0.2) is 4.39 Å². The molecule has 1 heterocycles. The van der Waals surface area contributed by atoms with E-state index in [0.29, 0.717) is 0 Å². The molecule has 24 heavy (non-hydrogen) atoms. The van der Waals surface area contributed by atoms with Crippen molar-refractivity contribution in [3.63, 3.8) is 0 Å². The fourth-order valence-corrected chi connectivity index (χ4v) is 3.02. The highest BCUT2D eigenvalue weighted by molar-refractivity contribution is 6.70. The van der Waals surface area contributed by atoms with Crippen LogP contribution in [0.5, 0.6) is 0 Å². The van der Waals surface area contributed by atoms with E-state index >= 15 is 4.39 Å². The molecular formula is C11H5Cl6F4N3. The Bertz CT molecular complexity index is 649. The molecule has 0 N–H and O–H groups in total. The van der Waals surface area contributed by atoms with Gasteiger partial charge in [-0.3, -0.25) is 0 Å². The predicted molar refractivity (Wildman–Crippen MR) is 86.6 cm³/mol. The number of hydrogen-bond acceptors (Lipinski definition) is 3. The smallest absolute Gasteiger partial charge is 0.212 e. The summed E-state index contributed by atoms with van der Waals surface area (Å²) in [7, 11) is 0. The van der Waals surface area contributed by atoms with E-state index in [4.69, 9.17) is 69.6 Å². The van der Waals surface area contributed by atoms with Crippen molar-refractivity contribution in [2.24, 2.45) is 0 Å². The summed E-state index contributed by atoms with van der Waals surface area (Å²) < 4.78 is 51.7. The summed E-state index contributed by atoms with van der Waals surface area (Å²) in [5, 5.41) is -3.92. The lowest BCUT2D eigenvalue weighted by molar-refractivity contribution is -0.450. The number of alkyl halides is 7. The van der Waals surface area contributed by atoms with Gasteiger partial charge >= 0.3 is 0 Å². The molecule has 1 aromatic rings. The second kappa shape index (κ2) is 6.70. The zero-order valence-corrected chi connectivity index (χ0v) is 15.5. The average Bonchev–Trinajstić information content (AvgIpc) is 2.47. The van der Waals surface area contributed by atoms with Gasteiger partial charge < -0.3 is 0 Å². The maximum atomic E-state index is 15.5. The largest absolute Gasteiger partial charge is 0.284 e. The van der Waals surface area contributed by atoms with Crippen molar-refractivity contribution in [3.8, 4) is 0 Å². The number of benzene rings is 1. The van der Waals surface area contributed by atoms with E-state index in [1.807, 2.05) is 0 Å². The van der Waals surface area contributed by atoms with E-state index in [-0.39, 0.29) is 5.56 Å². The van der Waals surface area contributed by atoms with Gasteiger partial charge in [-0.05, 0) is 5.56 Å². The summed E-state index contributed by atoms with van der Waals surface area (Å²) in [6.07, 6.45) is 0. The average molecular weight is 468 g/mol. The first kappa shape index (κ1) is 20.5. The quantitative estimate of drug-likeness (QED) is 0.210. The molecule has 0 amide bonds. The Labute approximate surface area is 163 Å². The number of hydrazine groups is 2. The third kappa shape index (κ3) is 3.25. The van der Waals surface area contributed by atoms with Crippen LogP contribution in [0, 0.1) is 0 Å². The minimum absolute atomic E-state index is 0.217. The van der Waals surface area contributed by atoms with Gasteiger partial charge in [-0.1, -0.05) is 114 Å². The molecule has 2 rings (SSSR count). The van der Waals surface area contributed by atoms with Crippen molar-refractivity contribution >= 4 is 75.2 Å². The third-order valence-corrected chi connectivity index (χ3v) is 4.29. The van der Waals surface area contributed by atoms with Gasteiger partial charge in [-0.2, -0.15) is 0 Å². The molecule has 1 atom stereocenters. The van der Waals surface area contributed by atoms with Crippen LogP contribution in [0.4, 0.5) is 17.8 Å². The van der Waals surface area contributed by atoms with E-state index in [1.165, 1.54) is 30.3 Å². The van der Waals surface area contributed by atoms with Crippen LogP contribution in [0.25, 0.3) is 5.57 Å². The predicted octanol–water partition coefficient (Wildman–Crippen LogP) is 6.21. The van der Waals surface area contributed by atoms with Crippen molar-refractivity contribution in [2.75, 3.05) is 0 Å². The molecule has 0 aliphatic carbocycles. The number of halogens is 10. The minimum atomic E-state index is -3.87. The molecule has 1 aliphatic heterocycles. The summed E-state index contributed by atoms with van der Waals surface area (Å²) in [6, 6.07) is 6.67. The van der Waals surface area contributed by atoms with Gasteiger partial charge in [0.25, 0.3) is 5.79 Å². The molecular weight excluding hydrogens is 463 g/mol. The monoisotopic (exact) mass is 465 g/mol. The minimum Gasteiger partial charge on any atom is -0.212 e. The number of hydrogen-bond donors (Lipinski definition) is 0. The summed E-state index contributed by atoms with van der Waals surface area (Å²) in [5.41, 5.74) is -2.48. The Kier molecular flexibility index (Phi) is 5.71. The van der Waals surface area contributed by atoms with Gasteiger partial charge in [0.1, 0.15) is 5.70 Å². The normalized spacial score (nSPS) is 24.7. The molecule has 134 valence electrons. The lowest BCUT2D eigenvalue weighted by atomic mass is 9.94. The molecule has 1 aliphatic rings. The summed E-state index contributed by atoms with van der Waals surface area (Å²) in [5.74, 6) is -3.87. The van der Waals surface area contributed by atoms with E-state index in [0.717, 1.165) is 0 Å². The summed E-state index contributed by atoms with van der Waals surface area (Å²) in [6.45, 7) is 0. The van der Waals surface area contributed by atoms with Crippen LogP contribution in [0.2, 0.25) is 0 Å². The van der Waals surface area contributed by atoms with Crippen molar-refractivity contribution < 1.29 is 17.8 Å². The first-order chi connectivity index (χ1) is 10.8. The molecule has 0 saturated carbocycles. The Morgan fingerprint density at radius 2 is 1.38 bits per heavy atom. The summed E-state index contributed by atoms with van der Waals surface area (Å²) in [4.78, 5) is 0. The zero-order valence-electron chi connectivity index (χ0n) is 11.0. The molecule has 0 fully saturated rings. The van der Waals surface area contributed by atoms with Gasteiger partial charge in [0.05, 0.1) is 5.34 Å².